The van der Waals surface area contributed by atoms with Crippen LogP contribution in [0.2, 0.25) is 0 Å². The van der Waals surface area contributed by atoms with Crippen molar-refractivity contribution in [3.63, 3.8) is 0 Å². The highest BCUT2D eigenvalue weighted by Gasteiger charge is 2.35. The molecular formula is C11H14F3N3OS. The smallest absolute Gasteiger partial charge is 0.340 e. The Morgan fingerprint density at radius 2 is 2.21 bits per heavy atom. The molecule has 0 aromatic carbocycles. The summed E-state index contributed by atoms with van der Waals surface area (Å²) in [5, 5.41) is 4.60. The Labute approximate surface area is 112 Å². The first kappa shape index (κ1) is 14.3. The van der Waals surface area contributed by atoms with Crippen molar-refractivity contribution in [2.24, 2.45) is 0 Å². The van der Waals surface area contributed by atoms with Gasteiger partial charge < -0.3 is 10.2 Å². The summed E-state index contributed by atoms with van der Waals surface area (Å²) in [4.78, 5) is 16.3. The molecule has 0 aliphatic carbocycles. The van der Waals surface area contributed by atoms with E-state index in [1.807, 2.05) is 0 Å². The number of likely N-dealkylation sites (tertiary alicyclic amines) is 1. The first-order valence-corrected chi connectivity index (χ1v) is 6.69. The number of hydrogen-bond acceptors (Lipinski definition) is 4. The Kier molecular flexibility index (Phi) is 3.82. The largest absolute Gasteiger partial charge is 0.434 e. The van der Waals surface area contributed by atoms with Crippen molar-refractivity contribution in [2.45, 2.75) is 32.1 Å². The lowest BCUT2D eigenvalue weighted by atomic mass is 10.1. The summed E-state index contributed by atoms with van der Waals surface area (Å²) < 4.78 is 37.3. The topological polar surface area (TPSA) is 45.2 Å². The standard InChI is InChI=1S/C11H14F3N3OS/c1-6(15-8-3-17(4-8)7(2)18)10-16-9(5-19-10)11(12,13)14/h5-6,8,15H,3-4H2,1-2H3/t6-/m0/s1. The fraction of sp³-hybridized carbons (Fsp3) is 0.636. The van der Waals surface area contributed by atoms with Crippen LogP contribution < -0.4 is 5.32 Å². The van der Waals surface area contributed by atoms with Gasteiger partial charge in [-0.2, -0.15) is 13.2 Å². The Balaban J connectivity index is 1.89. The van der Waals surface area contributed by atoms with E-state index in [4.69, 9.17) is 0 Å². The fourth-order valence-electron chi connectivity index (χ4n) is 1.88. The van der Waals surface area contributed by atoms with E-state index in [1.165, 1.54) is 6.92 Å². The van der Waals surface area contributed by atoms with Gasteiger partial charge in [-0.15, -0.1) is 11.3 Å². The molecule has 1 aromatic heterocycles. The summed E-state index contributed by atoms with van der Waals surface area (Å²) in [6.45, 7) is 4.46. The predicted molar refractivity (Wildman–Crippen MR) is 64.7 cm³/mol. The van der Waals surface area contributed by atoms with Crippen LogP contribution in [0.5, 0.6) is 0 Å². The van der Waals surface area contributed by atoms with Gasteiger partial charge in [-0.25, -0.2) is 4.98 Å². The average Bonchev–Trinajstić information content (AvgIpc) is 2.70. The number of alkyl halides is 3. The van der Waals surface area contributed by atoms with Gasteiger partial charge in [0.2, 0.25) is 5.91 Å². The molecule has 0 saturated carbocycles. The van der Waals surface area contributed by atoms with Gasteiger partial charge in [-0.05, 0) is 6.92 Å². The van der Waals surface area contributed by atoms with E-state index in [9.17, 15) is 18.0 Å². The maximum Gasteiger partial charge on any atom is 0.434 e. The van der Waals surface area contributed by atoms with Gasteiger partial charge >= 0.3 is 6.18 Å². The van der Waals surface area contributed by atoms with Crippen LogP contribution in [0.25, 0.3) is 0 Å². The minimum absolute atomic E-state index is 0.0132. The van der Waals surface area contributed by atoms with Crippen LogP contribution in [0, 0.1) is 0 Å². The van der Waals surface area contributed by atoms with Gasteiger partial charge in [-0.3, -0.25) is 4.79 Å². The molecule has 19 heavy (non-hydrogen) atoms. The van der Waals surface area contributed by atoms with E-state index in [0.29, 0.717) is 18.1 Å². The number of rotatable bonds is 3. The van der Waals surface area contributed by atoms with E-state index >= 15 is 0 Å². The van der Waals surface area contributed by atoms with Gasteiger partial charge in [0, 0.05) is 31.4 Å². The number of nitrogens with one attached hydrogen (secondary N) is 1. The number of halogens is 3. The molecule has 4 nitrogen and oxygen atoms in total. The Bertz CT molecular complexity index is 468. The number of aromatic nitrogens is 1. The number of amides is 1. The zero-order valence-electron chi connectivity index (χ0n) is 10.5. The maximum atomic E-state index is 12.4. The van der Waals surface area contributed by atoms with Crippen LogP contribution in [0.15, 0.2) is 5.38 Å². The van der Waals surface area contributed by atoms with Gasteiger partial charge in [0.25, 0.3) is 0 Å². The minimum Gasteiger partial charge on any atom is -0.340 e. The summed E-state index contributed by atoms with van der Waals surface area (Å²) in [6.07, 6.45) is -4.39. The molecule has 0 bridgehead atoms. The van der Waals surface area contributed by atoms with Crippen LogP contribution in [-0.2, 0) is 11.0 Å². The first-order valence-electron chi connectivity index (χ1n) is 5.81. The molecule has 8 heteroatoms. The zero-order chi connectivity index (χ0) is 14.2. The highest BCUT2D eigenvalue weighted by molar-refractivity contribution is 7.09. The zero-order valence-corrected chi connectivity index (χ0v) is 11.3. The van der Waals surface area contributed by atoms with E-state index in [1.54, 1.807) is 11.8 Å². The van der Waals surface area contributed by atoms with Crippen LogP contribution >= 0.6 is 11.3 Å². The second-order valence-corrected chi connectivity index (χ2v) is 5.47. The molecule has 0 spiro atoms. The third-order valence-electron chi connectivity index (χ3n) is 3.00. The third kappa shape index (κ3) is 3.24. The summed E-state index contributed by atoms with van der Waals surface area (Å²) in [7, 11) is 0. The van der Waals surface area contributed by atoms with Crippen molar-refractivity contribution < 1.29 is 18.0 Å². The second kappa shape index (κ2) is 5.09. The number of hydrogen-bond donors (Lipinski definition) is 1. The van der Waals surface area contributed by atoms with Crippen molar-refractivity contribution in [3.8, 4) is 0 Å². The minimum atomic E-state index is -4.39. The third-order valence-corrected chi connectivity index (χ3v) is 4.02. The molecular weight excluding hydrogens is 279 g/mol. The van der Waals surface area contributed by atoms with Crippen LogP contribution in [0.4, 0.5) is 13.2 Å². The van der Waals surface area contributed by atoms with Crippen LogP contribution in [0.3, 0.4) is 0 Å². The number of thiazole rings is 1. The lowest BCUT2D eigenvalue weighted by Crippen LogP contribution is -2.59. The summed E-state index contributed by atoms with van der Waals surface area (Å²) in [6, 6.07) is -0.127. The lowest BCUT2D eigenvalue weighted by molar-refractivity contribution is -0.141. The van der Waals surface area contributed by atoms with Crippen molar-refractivity contribution in [2.75, 3.05) is 13.1 Å². The predicted octanol–water partition coefficient (Wildman–Crippen LogP) is 2.04. The highest BCUT2D eigenvalue weighted by atomic mass is 32.1. The van der Waals surface area contributed by atoms with E-state index in [-0.39, 0.29) is 18.0 Å². The molecule has 1 N–H and O–H groups in total. The van der Waals surface area contributed by atoms with E-state index in [2.05, 4.69) is 10.3 Å². The second-order valence-electron chi connectivity index (χ2n) is 4.58. The molecule has 0 unspecified atom stereocenters. The maximum absolute atomic E-state index is 12.4. The first-order chi connectivity index (χ1) is 8.77. The van der Waals surface area contributed by atoms with Gasteiger partial charge in [0.05, 0.1) is 6.04 Å². The SMILES string of the molecule is CC(=O)N1CC(N[C@@H](C)c2nc(C(F)(F)F)cs2)C1. The van der Waals surface area contributed by atoms with Crippen LogP contribution in [-0.4, -0.2) is 34.9 Å². The Hall–Kier alpha value is -1.15. The van der Waals surface area contributed by atoms with Gasteiger partial charge in [0.15, 0.2) is 5.69 Å². The molecule has 1 aliphatic rings. The average molecular weight is 293 g/mol. The van der Waals surface area contributed by atoms with E-state index < -0.39 is 11.9 Å². The monoisotopic (exact) mass is 293 g/mol. The molecule has 1 saturated heterocycles. The quantitative estimate of drug-likeness (QED) is 0.927. The van der Waals surface area contributed by atoms with Gasteiger partial charge in [0.1, 0.15) is 5.01 Å². The fourth-order valence-corrected chi connectivity index (χ4v) is 2.72. The molecule has 0 radical (unpaired) electrons. The number of carbonyl (C=O) groups is 1. The van der Waals surface area contributed by atoms with Crippen LogP contribution in [0.1, 0.15) is 30.6 Å². The number of nitrogens with zero attached hydrogens (tertiary/aromatic N) is 2. The molecule has 2 rings (SSSR count). The van der Waals surface area contributed by atoms with Gasteiger partial charge in [-0.1, -0.05) is 0 Å². The van der Waals surface area contributed by atoms with Crippen molar-refractivity contribution >= 4 is 17.2 Å². The molecule has 1 aromatic rings. The number of carbonyl (C=O) groups excluding carboxylic acids is 1. The normalized spacial score (nSPS) is 18.3. The van der Waals surface area contributed by atoms with E-state index in [0.717, 1.165) is 16.7 Å². The molecule has 1 aliphatic heterocycles. The molecule has 106 valence electrons. The Morgan fingerprint density at radius 1 is 1.58 bits per heavy atom. The van der Waals surface area contributed by atoms with Crippen molar-refractivity contribution in [1.29, 1.82) is 0 Å². The summed E-state index contributed by atoms with van der Waals surface area (Å²) in [5.74, 6) is 0.0132. The summed E-state index contributed by atoms with van der Waals surface area (Å²) in [5.41, 5.74) is -0.847. The summed E-state index contributed by atoms with van der Waals surface area (Å²) >= 11 is 0.994. The molecule has 1 amide bonds. The molecule has 2 heterocycles. The lowest BCUT2D eigenvalue weighted by Gasteiger charge is -2.40. The highest BCUT2D eigenvalue weighted by Crippen LogP contribution is 2.31. The van der Waals surface area contributed by atoms with Crippen molar-refractivity contribution in [1.82, 2.24) is 15.2 Å². The Morgan fingerprint density at radius 3 is 2.68 bits per heavy atom. The van der Waals surface area contributed by atoms with Crippen molar-refractivity contribution in [3.05, 3.63) is 16.1 Å². The molecule has 1 atom stereocenters. The molecule has 1 fully saturated rings.